The lowest BCUT2D eigenvalue weighted by molar-refractivity contribution is 0.165. The van der Waals surface area contributed by atoms with Gasteiger partial charge in [0.15, 0.2) is 0 Å². The molecule has 0 saturated carbocycles. The van der Waals surface area contributed by atoms with E-state index in [0.29, 0.717) is 10.8 Å². The van der Waals surface area contributed by atoms with Gasteiger partial charge in [0.05, 0.1) is 17.7 Å². The number of halogens is 1. The van der Waals surface area contributed by atoms with Crippen LogP contribution in [0, 0.1) is 13.8 Å². The highest BCUT2D eigenvalue weighted by atomic mass is 35.5. The Hall–Kier alpha value is -1.91. The summed E-state index contributed by atoms with van der Waals surface area (Å²) in [6.45, 7) is 5.48. The zero-order valence-corrected chi connectivity index (χ0v) is 20.2. The number of pyridine rings is 1. The van der Waals surface area contributed by atoms with Gasteiger partial charge in [-0.05, 0) is 50.1 Å². The van der Waals surface area contributed by atoms with Gasteiger partial charge in [0, 0.05) is 22.5 Å². The average Bonchev–Trinajstić information content (AvgIpc) is 3.21. The van der Waals surface area contributed by atoms with Crippen LogP contribution < -0.4 is 10.5 Å². The number of aryl methyl sites for hydroxylation is 3. The molecular weight excluding hydrogens is 475 g/mol. The Kier molecular flexibility index (Phi) is 8.00. The molecule has 9 nitrogen and oxygen atoms in total. The van der Waals surface area contributed by atoms with Crippen LogP contribution in [-0.2, 0) is 15.5 Å². The van der Waals surface area contributed by atoms with Crippen molar-refractivity contribution in [3.05, 3.63) is 46.2 Å². The smallest absolute Gasteiger partial charge is 0.469 e. The number of phosphoric ester groups is 1. The molecule has 1 aromatic carbocycles. The molecule has 0 bridgehead atoms. The Bertz CT molecular complexity index is 1130. The quantitative estimate of drug-likeness (QED) is 0.374. The summed E-state index contributed by atoms with van der Waals surface area (Å²) in [6, 6.07) is 6.89. The van der Waals surface area contributed by atoms with Crippen molar-refractivity contribution >= 4 is 30.8 Å². The second-order valence-electron chi connectivity index (χ2n) is 7.22. The number of hydrogen-bond acceptors (Lipinski definition) is 8. The van der Waals surface area contributed by atoms with E-state index in [-0.39, 0.29) is 13.2 Å². The molecule has 2 heterocycles. The van der Waals surface area contributed by atoms with Crippen LogP contribution in [0.2, 0.25) is 5.02 Å². The summed E-state index contributed by atoms with van der Waals surface area (Å²) in [7, 11) is -4.58. The first-order valence-electron chi connectivity index (χ1n) is 9.76. The van der Waals surface area contributed by atoms with Crippen LogP contribution in [0.1, 0.15) is 23.9 Å². The fourth-order valence-electron chi connectivity index (χ4n) is 2.97. The fourth-order valence-corrected chi connectivity index (χ4v) is 4.49. The van der Waals surface area contributed by atoms with Crippen molar-refractivity contribution in [2.75, 3.05) is 13.2 Å². The monoisotopic (exact) mass is 498 g/mol. The van der Waals surface area contributed by atoms with E-state index in [0.717, 1.165) is 44.5 Å². The van der Waals surface area contributed by atoms with Crippen LogP contribution in [0.4, 0.5) is 0 Å². The highest BCUT2D eigenvalue weighted by molar-refractivity contribution is 7.46. The average molecular weight is 499 g/mol. The SMILES string of the molecule is CCc1cc(-c2nnc(-c3cc(C)c(OC[C@H](N)COP(=O)(O)O)c(Cl)c3)s2)cc(C)n1. The summed E-state index contributed by atoms with van der Waals surface area (Å²) in [4.78, 5) is 22.0. The maximum absolute atomic E-state index is 10.8. The van der Waals surface area contributed by atoms with Crippen molar-refractivity contribution in [2.24, 2.45) is 5.73 Å². The number of ether oxygens (including phenoxy) is 1. The number of benzene rings is 1. The number of aromatic nitrogens is 3. The molecule has 0 fully saturated rings. The largest absolute Gasteiger partial charge is 0.490 e. The Morgan fingerprint density at radius 1 is 1.12 bits per heavy atom. The summed E-state index contributed by atoms with van der Waals surface area (Å²) >= 11 is 7.89. The Labute approximate surface area is 194 Å². The van der Waals surface area contributed by atoms with E-state index in [4.69, 9.17) is 31.9 Å². The molecule has 3 rings (SSSR count). The first kappa shape index (κ1) is 24.7. The predicted molar refractivity (Wildman–Crippen MR) is 124 cm³/mol. The molecule has 0 amide bonds. The van der Waals surface area contributed by atoms with Crippen LogP contribution in [0.15, 0.2) is 24.3 Å². The molecule has 0 radical (unpaired) electrons. The molecule has 0 aliphatic carbocycles. The molecule has 2 aromatic heterocycles. The molecule has 0 aliphatic heterocycles. The van der Waals surface area contributed by atoms with Crippen LogP contribution in [0.25, 0.3) is 21.1 Å². The number of nitrogens with two attached hydrogens (primary N) is 1. The molecule has 12 heteroatoms. The van der Waals surface area contributed by atoms with Crippen molar-refractivity contribution < 1.29 is 23.6 Å². The van der Waals surface area contributed by atoms with Crippen LogP contribution >= 0.6 is 30.8 Å². The molecule has 0 spiro atoms. The lowest BCUT2D eigenvalue weighted by Gasteiger charge is -2.16. The third-order valence-electron chi connectivity index (χ3n) is 4.42. The lowest BCUT2D eigenvalue weighted by atomic mass is 10.1. The zero-order chi connectivity index (χ0) is 23.5. The third-order valence-corrected chi connectivity index (χ3v) is 6.20. The van der Waals surface area contributed by atoms with Gasteiger partial charge >= 0.3 is 7.82 Å². The molecule has 0 unspecified atom stereocenters. The molecule has 32 heavy (non-hydrogen) atoms. The Morgan fingerprint density at radius 2 is 1.78 bits per heavy atom. The second-order valence-corrected chi connectivity index (χ2v) is 9.84. The van der Waals surface area contributed by atoms with Gasteiger partial charge in [-0.2, -0.15) is 0 Å². The third kappa shape index (κ3) is 6.55. The summed E-state index contributed by atoms with van der Waals surface area (Å²) in [5.74, 6) is 0.434. The maximum atomic E-state index is 10.8. The molecule has 1 atom stereocenters. The number of hydrogen-bond donors (Lipinski definition) is 3. The highest BCUT2D eigenvalue weighted by Gasteiger charge is 2.18. The molecule has 172 valence electrons. The maximum Gasteiger partial charge on any atom is 0.469 e. The number of phosphoric acid groups is 1. The van der Waals surface area contributed by atoms with E-state index in [9.17, 15) is 4.57 Å². The molecule has 0 aliphatic rings. The predicted octanol–water partition coefficient (Wildman–Crippen LogP) is 3.92. The molecule has 3 aromatic rings. The second kappa shape index (κ2) is 10.4. The summed E-state index contributed by atoms with van der Waals surface area (Å²) in [5.41, 5.74) is 10.3. The van der Waals surface area contributed by atoms with Gasteiger partial charge in [-0.25, -0.2) is 4.57 Å². The van der Waals surface area contributed by atoms with Crippen LogP contribution in [0.3, 0.4) is 0 Å². The molecule has 4 N–H and O–H groups in total. The van der Waals surface area contributed by atoms with Crippen molar-refractivity contribution in [1.82, 2.24) is 15.2 Å². The Morgan fingerprint density at radius 3 is 2.38 bits per heavy atom. The van der Waals surface area contributed by atoms with Gasteiger partial charge in [-0.1, -0.05) is 29.9 Å². The lowest BCUT2D eigenvalue weighted by Crippen LogP contribution is -2.32. The fraction of sp³-hybridized carbons (Fsp3) is 0.350. The van der Waals surface area contributed by atoms with E-state index < -0.39 is 13.9 Å². The van der Waals surface area contributed by atoms with Crippen molar-refractivity contribution in [3.8, 4) is 26.9 Å². The van der Waals surface area contributed by atoms with Gasteiger partial charge in [0.1, 0.15) is 22.4 Å². The minimum Gasteiger partial charge on any atom is -0.490 e. The van der Waals surface area contributed by atoms with Gasteiger partial charge in [-0.15, -0.1) is 10.2 Å². The molecular formula is C20H24ClN4O5PS. The van der Waals surface area contributed by atoms with E-state index in [1.165, 1.54) is 11.3 Å². The van der Waals surface area contributed by atoms with Gasteiger partial charge in [0.25, 0.3) is 0 Å². The minimum absolute atomic E-state index is 0.0238. The van der Waals surface area contributed by atoms with Crippen LogP contribution in [0.5, 0.6) is 5.75 Å². The van der Waals surface area contributed by atoms with Crippen LogP contribution in [-0.4, -0.2) is 44.2 Å². The van der Waals surface area contributed by atoms with E-state index >= 15 is 0 Å². The first-order valence-corrected chi connectivity index (χ1v) is 12.5. The summed E-state index contributed by atoms with van der Waals surface area (Å²) in [5, 5.41) is 10.5. The first-order chi connectivity index (χ1) is 15.1. The van der Waals surface area contributed by atoms with Crippen molar-refractivity contribution in [1.29, 1.82) is 0 Å². The summed E-state index contributed by atoms with van der Waals surface area (Å²) < 4.78 is 20.8. The normalized spacial score (nSPS) is 12.7. The summed E-state index contributed by atoms with van der Waals surface area (Å²) in [6.07, 6.45) is 0.839. The topological polar surface area (TPSA) is 141 Å². The van der Waals surface area contributed by atoms with Gasteiger partial charge < -0.3 is 20.3 Å². The van der Waals surface area contributed by atoms with Crippen molar-refractivity contribution in [2.45, 2.75) is 33.2 Å². The van der Waals surface area contributed by atoms with Crippen molar-refractivity contribution in [3.63, 3.8) is 0 Å². The minimum atomic E-state index is -4.58. The molecule has 0 saturated heterocycles. The highest BCUT2D eigenvalue weighted by Crippen LogP contribution is 2.37. The van der Waals surface area contributed by atoms with E-state index in [2.05, 4.69) is 26.6 Å². The Balaban J connectivity index is 1.76. The van der Waals surface area contributed by atoms with Gasteiger partial charge in [-0.3, -0.25) is 9.51 Å². The zero-order valence-electron chi connectivity index (χ0n) is 17.8. The standard InChI is InChI=1S/C20H24ClN4O5PS/c1-4-16-7-14(6-12(3)23-16)20-25-24-19(32-20)13-5-11(2)18(17(21)8-13)29-9-15(22)10-30-31(26,27)28/h5-8,15H,4,9-10,22H2,1-3H3,(H2,26,27,28)/t15-/m0/s1. The van der Waals surface area contributed by atoms with E-state index in [1.807, 2.05) is 32.0 Å². The number of rotatable bonds is 9. The number of nitrogens with zero attached hydrogens (tertiary/aromatic N) is 3. The van der Waals surface area contributed by atoms with E-state index in [1.54, 1.807) is 6.07 Å². The van der Waals surface area contributed by atoms with Gasteiger partial charge in [0.2, 0.25) is 0 Å².